The topological polar surface area (TPSA) is 111 Å². The van der Waals surface area contributed by atoms with Crippen LogP contribution in [0.4, 0.5) is 11.9 Å². The molecule has 28 heavy (non-hydrogen) atoms. The highest BCUT2D eigenvalue weighted by Gasteiger charge is 2.31. The summed E-state index contributed by atoms with van der Waals surface area (Å²) in [6.07, 6.45) is 6.45. The number of nitrogens with two attached hydrogens (primary N) is 1. The van der Waals surface area contributed by atoms with Crippen LogP contribution in [-0.2, 0) is 10.3 Å². The van der Waals surface area contributed by atoms with Crippen LogP contribution >= 0.6 is 0 Å². The van der Waals surface area contributed by atoms with E-state index in [4.69, 9.17) is 15.5 Å². The van der Waals surface area contributed by atoms with Crippen molar-refractivity contribution in [2.45, 2.75) is 37.7 Å². The average molecular weight is 382 g/mol. The maximum Gasteiger partial charge on any atom is 0.221 e. The molecule has 0 unspecified atom stereocenters. The SMILES string of the molecule is COCCNc1nc2ccc(C3(O)CCCCC3)cc2n1-c1ccnc(N)n1. The molecule has 2 aromatic heterocycles. The molecule has 0 radical (unpaired) electrons. The van der Waals surface area contributed by atoms with Crippen LogP contribution in [0.15, 0.2) is 30.5 Å². The average Bonchev–Trinajstić information content (AvgIpc) is 3.06. The zero-order chi connectivity index (χ0) is 19.6. The van der Waals surface area contributed by atoms with Gasteiger partial charge in [0, 0.05) is 25.9 Å². The number of benzene rings is 1. The molecule has 8 nitrogen and oxygen atoms in total. The van der Waals surface area contributed by atoms with Crippen molar-refractivity contribution in [3.63, 3.8) is 0 Å². The Kier molecular flexibility index (Phi) is 5.15. The van der Waals surface area contributed by atoms with Gasteiger partial charge in [0.05, 0.1) is 23.2 Å². The molecule has 4 N–H and O–H groups in total. The van der Waals surface area contributed by atoms with E-state index in [1.54, 1.807) is 19.4 Å². The van der Waals surface area contributed by atoms with Gasteiger partial charge in [0.25, 0.3) is 0 Å². The number of hydrogen-bond donors (Lipinski definition) is 3. The summed E-state index contributed by atoms with van der Waals surface area (Å²) in [5, 5.41) is 14.5. The van der Waals surface area contributed by atoms with Crippen LogP contribution in [0.3, 0.4) is 0 Å². The van der Waals surface area contributed by atoms with Gasteiger partial charge in [0.1, 0.15) is 5.82 Å². The largest absolute Gasteiger partial charge is 0.385 e. The van der Waals surface area contributed by atoms with Crippen molar-refractivity contribution in [3.8, 4) is 5.82 Å². The minimum absolute atomic E-state index is 0.198. The monoisotopic (exact) mass is 382 g/mol. The third-order valence-electron chi connectivity index (χ3n) is 5.35. The Bertz CT molecular complexity index is 964. The van der Waals surface area contributed by atoms with Crippen LogP contribution in [-0.4, -0.2) is 44.9 Å². The Morgan fingerprint density at radius 2 is 2.04 bits per heavy atom. The van der Waals surface area contributed by atoms with Gasteiger partial charge < -0.3 is 20.9 Å². The summed E-state index contributed by atoms with van der Waals surface area (Å²) in [6.45, 7) is 1.16. The fraction of sp³-hybridized carbons (Fsp3) is 0.450. The first kappa shape index (κ1) is 18.6. The van der Waals surface area contributed by atoms with Gasteiger partial charge in [-0.2, -0.15) is 4.98 Å². The minimum atomic E-state index is -0.782. The highest BCUT2D eigenvalue weighted by atomic mass is 16.5. The van der Waals surface area contributed by atoms with E-state index < -0.39 is 5.60 Å². The molecule has 1 aromatic carbocycles. The number of aromatic nitrogens is 4. The van der Waals surface area contributed by atoms with Gasteiger partial charge in [-0.1, -0.05) is 25.3 Å². The molecule has 148 valence electrons. The molecule has 0 aliphatic heterocycles. The van der Waals surface area contributed by atoms with Gasteiger partial charge >= 0.3 is 0 Å². The number of ether oxygens (including phenoxy) is 1. The van der Waals surface area contributed by atoms with Crippen LogP contribution in [0.5, 0.6) is 0 Å². The Morgan fingerprint density at radius 1 is 1.21 bits per heavy atom. The minimum Gasteiger partial charge on any atom is -0.385 e. The summed E-state index contributed by atoms with van der Waals surface area (Å²) in [7, 11) is 1.66. The maximum atomic E-state index is 11.2. The lowest BCUT2D eigenvalue weighted by Gasteiger charge is -2.32. The lowest BCUT2D eigenvalue weighted by Crippen LogP contribution is -2.28. The predicted octanol–water partition coefficient (Wildman–Crippen LogP) is 2.61. The number of nitrogen functional groups attached to an aromatic ring is 1. The van der Waals surface area contributed by atoms with E-state index in [2.05, 4.69) is 15.3 Å². The van der Waals surface area contributed by atoms with E-state index in [9.17, 15) is 5.11 Å². The molecule has 0 spiro atoms. The second-order valence-corrected chi connectivity index (χ2v) is 7.26. The number of anilines is 2. The quantitative estimate of drug-likeness (QED) is 0.562. The standard InChI is InChI=1S/C20H26N6O2/c1-28-12-11-23-19-24-15-6-5-14(20(27)8-3-2-4-9-20)13-16(15)26(19)17-7-10-22-18(21)25-17/h5-7,10,13,27H,2-4,8-9,11-12H2,1H3,(H,23,24)(H2,21,22,25). The number of hydrogen-bond acceptors (Lipinski definition) is 7. The van der Waals surface area contributed by atoms with Crippen molar-refractivity contribution in [1.82, 2.24) is 19.5 Å². The maximum absolute atomic E-state index is 11.2. The zero-order valence-electron chi connectivity index (χ0n) is 16.1. The van der Waals surface area contributed by atoms with Crippen LogP contribution in [0.25, 0.3) is 16.9 Å². The van der Waals surface area contributed by atoms with Crippen molar-refractivity contribution in [1.29, 1.82) is 0 Å². The lowest BCUT2D eigenvalue weighted by atomic mass is 9.79. The Hall–Kier alpha value is -2.71. The highest BCUT2D eigenvalue weighted by Crippen LogP contribution is 2.38. The highest BCUT2D eigenvalue weighted by molar-refractivity contribution is 5.82. The van der Waals surface area contributed by atoms with Gasteiger partial charge in [0.2, 0.25) is 11.9 Å². The summed E-state index contributed by atoms with van der Waals surface area (Å²) in [5.41, 5.74) is 7.64. The molecule has 1 aliphatic rings. The van der Waals surface area contributed by atoms with Gasteiger partial charge in [-0.25, -0.2) is 9.97 Å². The van der Waals surface area contributed by atoms with E-state index in [1.807, 2.05) is 22.8 Å². The molecule has 1 aliphatic carbocycles. The molecule has 1 fully saturated rings. The first-order chi connectivity index (χ1) is 13.6. The fourth-order valence-electron chi connectivity index (χ4n) is 3.89. The molecule has 2 heterocycles. The fourth-order valence-corrected chi connectivity index (χ4v) is 3.89. The second-order valence-electron chi connectivity index (χ2n) is 7.26. The molecular formula is C20H26N6O2. The molecule has 1 saturated carbocycles. The van der Waals surface area contributed by atoms with Gasteiger partial charge in [-0.3, -0.25) is 4.57 Å². The summed E-state index contributed by atoms with van der Waals surface area (Å²) in [6, 6.07) is 7.76. The third-order valence-corrected chi connectivity index (χ3v) is 5.35. The van der Waals surface area contributed by atoms with Crippen molar-refractivity contribution >= 4 is 22.9 Å². The smallest absolute Gasteiger partial charge is 0.221 e. The van der Waals surface area contributed by atoms with E-state index in [-0.39, 0.29) is 5.95 Å². The lowest BCUT2D eigenvalue weighted by molar-refractivity contribution is -0.000525. The van der Waals surface area contributed by atoms with Crippen LogP contribution < -0.4 is 11.1 Å². The number of aliphatic hydroxyl groups is 1. The van der Waals surface area contributed by atoms with Crippen molar-refractivity contribution in [2.75, 3.05) is 31.3 Å². The number of nitrogens with zero attached hydrogens (tertiary/aromatic N) is 4. The number of rotatable bonds is 6. The van der Waals surface area contributed by atoms with E-state index >= 15 is 0 Å². The summed E-state index contributed by atoms with van der Waals surface area (Å²) in [4.78, 5) is 13.1. The van der Waals surface area contributed by atoms with Crippen molar-refractivity contribution in [3.05, 3.63) is 36.0 Å². The summed E-state index contributed by atoms with van der Waals surface area (Å²) < 4.78 is 7.05. The van der Waals surface area contributed by atoms with Crippen molar-refractivity contribution in [2.24, 2.45) is 0 Å². The zero-order valence-corrected chi connectivity index (χ0v) is 16.1. The number of fused-ring (bicyclic) bond motifs is 1. The Labute approximate surface area is 163 Å². The van der Waals surface area contributed by atoms with Gasteiger partial charge in [0.15, 0.2) is 0 Å². The normalized spacial score (nSPS) is 16.4. The molecule has 0 bridgehead atoms. The molecule has 4 rings (SSSR count). The summed E-state index contributed by atoms with van der Waals surface area (Å²) in [5.74, 6) is 1.48. The Morgan fingerprint density at radius 3 is 2.79 bits per heavy atom. The summed E-state index contributed by atoms with van der Waals surface area (Å²) >= 11 is 0. The third kappa shape index (κ3) is 3.53. The second kappa shape index (κ2) is 7.73. The van der Waals surface area contributed by atoms with Crippen LogP contribution in [0.2, 0.25) is 0 Å². The van der Waals surface area contributed by atoms with Crippen molar-refractivity contribution < 1.29 is 9.84 Å². The first-order valence-electron chi connectivity index (χ1n) is 9.68. The molecule has 0 saturated heterocycles. The van der Waals surface area contributed by atoms with E-state index in [1.165, 1.54) is 6.42 Å². The number of nitrogens with one attached hydrogen (secondary N) is 1. The molecule has 0 atom stereocenters. The first-order valence-corrected chi connectivity index (χ1v) is 9.68. The number of imidazole rings is 1. The van der Waals surface area contributed by atoms with E-state index in [0.717, 1.165) is 42.3 Å². The van der Waals surface area contributed by atoms with Crippen LogP contribution in [0, 0.1) is 0 Å². The van der Waals surface area contributed by atoms with Gasteiger partial charge in [-0.05, 0) is 30.5 Å². The molecule has 8 heteroatoms. The predicted molar refractivity (Wildman–Crippen MR) is 108 cm³/mol. The molecule has 0 amide bonds. The molecular weight excluding hydrogens is 356 g/mol. The van der Waals surface area contributed by atoms with Crippen LogP contribution in [0.1, 0.15) is 37.7 Å². The Balaban J connectivity index is 1.83. The van der Waals surface area contributed by atoms with Gasteiger partial charge in [-0.15, -0.1) is 0 Å². The van der Waals surface area contributed by atoms with E-state index in [0.29, 0.717) is 24.9 Å². The molecule has 3 aromatic rings. The number of methoxy groups -OCH3 is 1.